The number of nitrogens with two attached hydrogens (primary N) is 1. The molecule has 0 aliphatic rings. The van der Waals surface area contributed by atoms with Crippen LogP contribution in [0.15, 0.2) is 60.9 Å². The molecule has 6 nitrogen and oxygen atoms in total. The Labute approximate surface area is 178 Å². The number of fused-ring (bicyclic) bond motifs is 1. The van der Waals surface area contributed by atoms with E-state index < -0.39 is 0 Å². The summed E-state index contributed by atoms with van der Waals surface area (Å²) in [6, 6.07) is 15.5. The Morgan fingerprint density at radius 2 is 1.80 bits per heavy atom. The van der Waals surface area contributed by atoms with Gasteiger partial charge in [-0.1, -0.05) is 52.3 Å². The minimum atomic E-state index is -0.103. The average Bonchev–Trinajstić information content (AvgIpc) is 3.24. The van der Waals surface area contributed by atoms with Crippen LogP contribution in [0, 0.1) is 0 Å². The van der Waals surface area contributed by atoms with E-state index in [1.807, 2.05) is 56.3 Å². The fourth-order valence-electron chi connectivity index (χ4n) is 2.79. The van der Waals surface area contributed by atoms with Gasteiger partial charge in [-0.15, -0.1) is 0 Å². The van der Waals surface area contributed by atoms with Crippen LogP contribution < -0.4 is 5.73 Å². The molecule has 3 aromatic heterocycles. The van der Waals surface area contributed by atoms with Crippen molar-refractivity contribution in [2.24, 2.45) is 5.73 Å². The minimum absolute atomic E-state index is 0.103. The standard InChI is InChI=1S/C19H17N5O.C3H8.C2H6/c20-10-13-6-7-21-17(8-13)14-4-5-15-11-22-24(18(15)9-14)19-3-1-2-16(12-25)23-19;1-3-2;1-2/h1-9,11,25H,10,12,20H2;3H2,1-2H3;1-2H3. The number of nitrogens with zero attached hydrogens (tertiary/aromatic N) is 4. The minimum Gasteiger partial charge on any atom is -0.390 e. The van der Waals surface area contributed by atoms with Gasteiger partial charge in [-0.25, -0.2) is 9.67 Å². The normalized spacial score (nSPS) is 10.1. The van der Waals surface area contributed by atoms with Gasteiger partial charge in [0.25, 0.3) is 0 Å². The highest BCUT2D eigenvalue weighted by Gasteiger charge is 2.09. The lowest BCUT2D eigenvalue weighted by Gasteiger charge is -2.07. The molecule has 30 heavy (non-hydrogen) atoms. The van der Waals surface area contributed by atoms with Crippen LogP contribution in [0.1, 0.15) is 45.4 Å². The van der Waals surface area contributed by atoms with E-state index in [0.29, 0.717) is 18.1 Å². The van der Waals surface area contributed by atoms with Crippen molar-refractivity contribution in [1.82, 2.24) is 19.7 Å². The van der Waals surface area contributed by atoms with Gasteiger partial charge in [0, 0.05) is 23.7 Å². The van der Waals surface area contributed by atoms with Gasteiger partial charge in [-0.05, 0) is 35.9 Å². The second-order valence-electron chi connectivity index (χ2n) is 6.44. The van der Waals surface area contributed by atoms with E-state index in [1.54, 1.807) is 23.1 Å². The summed E-state index contributed by atoms with van der Waals surface area (Å²) < 4.78 is 1.77. The van der Waals surface area contributed by atoms with E-state index in [1.165, 1.54) is 6.42 Å². The molecule has 0 bridgehead atoms. The Hall–Kier alpha value is -3.09. The molecule has 1 aromatic carbocycles. The van der Waals surface area contributed by atoms with Gasteiger partial charge < -0.3 is 10.8 Å². The molecule has 0 aliphatic heterocycles. The van der Waals surface area contributed by atoms with Gasteiger partial charge in [0.05, 0.1) is 29.7 Å². The highest BCUT2D eigenvalue weighted by molar-refractivity contribution is 5.84. The van der Waals surface area contributed by atoms with Crippen LogP contribution in [0.2, 0.25) is 0 Å². The average molecular weight is 406 g/mol. The Balaban J connectivity index is 0.000000590. The Morgan fingerprint density at radius 1 is 1.03 bits per heavy atom. The topological polar surface area (TPSA) is 89.8 Å². The molecule has 3 heterocycles. The lowest BCUT2D eigenvalue weighted by molar-refractivity contribution is 0.276. The van der Waals surface area contributed by atoms with E-state index in [0.717, 1.165) is 27.7 Å². The zero-order valence-electron chi connectivity index (χ0n) is 18.2. The molecule has 0 radical (unpaired) electrons. The molecule has 3 N–H and O–H groups in total. The maximum Gasteiger partial charge on any atom is 0.154 e. The summed E-state index contributed by atoms with van der Waals surface area (Å²) >= 11 is 0. The summed E-state index contributed by atoms with van der Waals surface area (Å²) in [6.07, 6.45) is 4.82. The van der Waals surface area contributed by atoms with Gasteiger partial charge >= 0.3 is 0 Å². The van der Waals surface area contributed by atoms with Crippen LogP contribution in [0.3, 0.4) is 0 Å². The van der Waals surface area contributed by atoms with Crippen molar-refractivity contribution in [3.63, 3.8) is 0 Å². The predicted octanol–water partition coefficient (Wildman–Crippen LogP) is 4.88. The number of benzene rings is 1. The molecule has 6 heteroatoms. The molecule has 0 spiro atoms. The molecule has 4 aromatic rings. The monoisotopic (exact) mass is 405 g/mol. The number of hydrogen-bond acceptors (Lipinski definition) is 5. The maximum absolute atomic E-state index is 9.30. The maximum atomic E-state index is 9.30. The lowest BCUT2D eigenvalue weighted by atomic mass is 10.1. The van der Waals surface area contributed by atoms with Gasteiger partial charge in [0.1, 0.15) is 0 Å². The van der Waals surface area contributed by atoms with Crippen molar-refractivity contribution in [3.8, 4) is 17.1 Å². The molecule has 0 atom stereocenters. The summed E-state index contributed by atoms with van der Waals surface area (Å²) in [5.41, 5.74) is 10.2. The molecule has 0 saturated heterocycles. The predicted molar refractivity (Wildman–Crippen MR) is 123 cm³/mol. The van der Waals surface area contributed by atoms with Crippen molar-refractivity contribution < 1.29 is 5.11 Å². The summed E-state index contributed by atoms with van der Waals surface area (Å²) in [6.45, 7) is 8.63. The number of rotatable bonds is 4. The molecule has 0 unspecified atom stereocenters. The number of hydrogen-bond donors (Lipinski definition) is 2. The second kappa shape index (κ2) is 11.8. The first kappa shape index (κ1) is 23.2. The third-order valence-electron chi connectivity index (χ3n) is 4.10. The molecule has 0 fully saturated rings. The zero-order chi connectivity index (χ0) is 21.9. The quantitative estimate of drug-likeness (QED) is 0.505. The van der Waals surface area contributed by atoms with Crippen LogP contribution in [-0.4, -0.2) is 24.9 Å². The van der Waals surface area contributed by atoms with Crippen LogP contribution >= 0.6 is 0 Å². The van der Waals surface area contributed by atoms with Crippen molar-refractivity contribution in [2.45, 2.75) is 47.3 Å². The van der Waals surface area contributed by atoms with Crippen LogP contribution in [-0.2, 0) is 13.2 Å². The van der Waals surface area contributed by atoms with Crippen LogP contribution in [0.4, 0.5) is 0 Å². The number of pyridine rings is 2. The third-order valence-corrected chi connectivity index (χ3v) is 4.10. The zero-order valence-corrected chi connectivity index (χ0v) is 18.2. The van der Waals surface area contributed by atoms with E-state index >= 15 is 0 Å². The molecule has 4 rings (SSSR count). The molecular formula is C24H31N5O. The highest BCUT2D eigenvalue weighted by Crippen LogP contribution is 2.25. The van der Waals surface area contributed by atoms with E-state index in [-0.39, 0.29) is 6.61 Å². The molecule has 0 aliphatic carbocycles. The molecule has 158 valence electrons. The van der Waals surface area contributed by atoms with E-state index in [4.69, 9.17) is 5.73 Å². The fourth-order valence-corrected chi connectivity index (χ4v) is 2.79. The van der Waals surface area contributed by atoms with Crippen LogP contribution in [0.5, 0.6) is 0 Å². The van der Waals surface area contributed by atoms with E-state index in [9.17, 15) is 5.11 Å². The largest absolute Gasteiger partial charge is 0.390 e. The van der Waals surface area contributed by atoms with Crippen molar-refractivity contribution in [2.75, 3.05) is 0 Å². The Morgan fingerprint density at radius 3 is 2.50 bits per heavy atom. The third kappa shape index (κ3) is 5.49. The first-order valence-electron chi connectivity index (χ1n) is 10.4. The fraction of sp³-hybridized carbons (Fsp3) is 0.292. The first-order chi connectivity index (χ1) is 14.7. The van der Waals surface area contributed by atoms with Crippen molar-refractivity contribution >= 4 is 10.9 Å². The summed E-state index contributed by atoms with van der Waals surface area (Å²) in [5, 5.41) is 14.8. The summed E-state index contributed by atoms with van der Waals surface area (Å²) in [4.78, 5) is 8.88. The van der Waals surface area contributed by atoms with Crippen LogP contribution in [0.25, 0.3) is 28.0 Å². The Kier molecular flexibility index (Phi) is 9.12. The molecule has 0 amide bonds. The van der Waals surface area contributed by atoms with Gasteiger partial charge in [0.15, 0.2) is 5.82 Å². The SMILES string of the molecule is CC.CCC.NCc1ccnc(-c2ccc3cnn(-c4cccc(CO)n4)c3c2)c1. The van der Waals surface area contributed by atoms with Crippen molar-refractivity contribution in [1.29, 1.82) is 0 Å². The summed E-state index contributed by atoms with van der Waals surface area (Å²) in [7, 11) is 0. The number of aliphatic hydroxyl groups is 1. The molecular weight excluding hydrogens is 374 g/mol. The first-order valence-corrected chi connectivity index (χ1v) is 10.4. The van der Waals surface area contributed by atoms with Crippen molar-refractivity contribution in [3.05, 3.63) is 72.2 Å². The lowest BCUT2D eigenvalue weighted by Crippen LogP contribution is -2.01. The smallest absolute Gasteiger partial charge is 0.154 e. The molecule has 0 saturated carbocycles. The Bertz CT molecular complexity index is 1060. The second-order valence-corrected chi connectivity index (χ2v) is 6.44. The van der Waals surface area contributed by atoms with E-state index in [2.05, 4.69) is 28.9 Å². The van der Waals surface area contributed by atoms with Gasteiger partial charge in [-0.2, -0.15) is 5.10 Å². The van der Waals surface area contributed by atoms with Gasteiger partial charge in [-0.3, -0.25) is 4.98 Å². The number of aromatic nitrogens is 4. The highest BCUT2D eigenvalue weighted by atomic mass is 16.3. The van der Waals surface area contributed by atoms with Gasteiger partial charge in [0.2, 0.25) is 0 Å². The number of aliphatic hydroxyl groups excluding tert-OH is 1. The summed E-state index contributed by atoms with van der Waals surface area (Å²) in [5.74, 6) is 0.669.